The van der Waals surface area contributed by atoms with E-state index in [-0.39, 0.29) is 0 Å². The van der Waals surface area contributed by atoms with Crippen LogP contribution in [0.5, 0.6) is 0 Å². The summed E-state index contributed by atoms with van der Waals surface area (Å²) in [6.45, 7) is 2.28. The maximum atomic E-state index is 10.8. The second kappa shape index (κ2) is 3.34. The first-order chi connectivity index (χ1) is 5.25. The number of esters is 1. The van der Waals surface area contributed by atoms with Gasteiger partial charge in [-0.2, -0.15) is 0 Å². The number of amidine groups is 1. The SMILES string of the molecule is COC(=O)C(N)C1=N[CH]CN1. The molecule has 1 radical (unpaired) electrons. The zero-order valence-electron chi connectivity index (χ0n) is 6.20. The van der Waals surface area contributed by atoms with Crippen molar-refractivity contribution in [3.05, 3.63) is 6.54 Å². The van der Waals surface area contributed by atoms with E-state index >= 15 is 0 Å². The molecule has 0 aromatic carbocycles. The number of nitrogens with two attached hydrogens (primary N) is 1. The smallest absolute Gasteiger partial charge is 0.330 e. The Hall–Kier alpha value is -1.10. The van der Waals surface area contributed by atoms with Gasteiger partial charge in [0.05, 0.1) is 13.7 Å². The largest absolute Gasteiger partial charge is 0.468 e. The molecule has 0 aliphatic carbocycles. The highest BCUT2D eigenvalue weighted by molar-refractivity contribution is 6.05. The lowest BCUT2D eigenvalue weighted by Gasteiger charge is -2.08. The number of methoxy groups -OCH3 is 1. The first kappa shape index (κ1) is 8.00. The molecule has 0 aromatic rings. The van der Waals surface area contributed by atoms with Gasteiger partial charge >= 0.3 is 5.97 Å². The monoisotopic (exact) mass is 156 g/mol. The quantitative estimate of drug-likeness (QED) is 0.485. The van der Waals surface area contributed by atoms with Gasteiger partial charge in [0.15, 0.2) is 6.04 Å². The van der Waals surface area contributed by atoms with Crippen LogP contribution in [0.1, 0.15) is 0 Å². The van der Waals surface area contributed by atoms with Gasteiger partial charge < -0.3 is 15.8 Å². The van der Waals surface area contributed by atoms with E-state index in [1.807, 2.05) is 0 Å². The van der Waals surface area contributed by atoms with Crippen LogP contribution in [0.3, 0.4) is 0 Å². The Kier molecular flexibility index (Phi) is 2.43. The van der Waals surface area contributed by atoms with Crippen LogP contribution < -0.4 is 11.1 Å². The number of aliphatic imine (C=N–C) groups is 1. The first-order valence-corrected chi connectivity index (χ1v) is 3.22. The van der Waals surface area contributed by atoms with Crippen LogP contribution in [0, 0.1) is 6.54 Å². The highest BCUT2D eigenvalue weighted by atomic mass is 16.5. The zero-order chi connectivity index (χ0) is 8.27. The third-order valence-corrected chi connectivity index (χ3v) is 1.35. The summed E-state index contributed by atoms with van der Waals surface area (Å²) < 4.78 is 4.43. The summed E-state index contributed by atoms with van der Waals surface area (Å²) >= 11 is 0. The van der Waals surface area contributed by atoms with Crippen molar-refractivity contribution < 1.29 is 9.53 Å². The number of nitrogens with zero attached hydrogens (tertiary/aromatic N) is 1. The van der Waals surface area contributed by atoms with Gasteiger partial charge in [0.25, 0.3) is 0 Å². The van der Waals surface area contributed by atoms with Crippen molar-refractivity contribution >= 4 is 11.8 Å². The molecule has 61 valence electrons. The third-order valence-electron chi connectivity index (χ3n) is 1.35. The fourth-order valence-electron chi connectivity index (χ4n) is 0.769. The van der Waals surface area contributed by atoms with Crippen molar-refractivity contribution in [2.24, 2.45) is 10.7 Å². The Bertz CT molecular complexity index is 190. The maximum absolute atomic E-state index is 10.8. The molecule has 0 saturated carbocycles. The molecule has 0 saturated heterocycles. The van der Waals surface area contributed by atoms with Gasteiger partial charge in [-0.3, -0.25) is 4.99 Å². The minimum absolute atomic E-state index is 0.469. The predicted octanol–water partition coefficient (Wildman–Crippen LogP) is -1.35. The molecule has 1 aliphatic heterocycles. The molecular weight excluding hydrogens is 146 g/mol. The number of hydrogen-bond donors (Lipinski definition) is 2. The number of ether oxygens (including phenoxy) is 1. The number of rotatable bonds is 2. The van der Waals surface area contributed by atoms with E-state index in [9.17, 15) is 4.79 Å². The van der Waals surface area contributed by atoms with E-state index in [1.54, 1.807) is 6.54 Å². The van der Waals surface area contributed by atoms with Gasteiger partial charge in [-0.1, -0.05) is 0 Å². The van der Waals surface area contributed by atoms with Crippen LogP contribution in [0.15, 0.2) is 4.99 Å². The molecular formula is C6H10N3O2. The van der Waals surface area contributed by atoms with Crippen LogP contribution in [-0.2, 0) is 9.53 Å². The third kappa shape index (κ3) is 1.68. The Morgan fingerprint density at radius 2 is 2.73 bits per heavy atom. The summed E-state index contributed by atoms with van der Waals surface area (Å²) in [5.74, 6) is -0.0107. The summed E-state index contributed by atoms with van der Waals surface area (Å²) in [6, 6.07) is -0.779. The number of carbonyl (C=O) groups excluding carboxylic acids is 1. The van der Waals surface area contributed by atoms with Gasteiger partial charge in [0.1, 0.15) is 5.84 Å². The molecule has 3 N–H and O–H groups in total. The number of carbonyl (C=O) groups is 1. The van der Waals surface area contributed by atoms with Crippen LogP contribution in [0.2, 0.25) is 0 Å². The summed E-state index contributed by atoms with van der Waals surface area (Å²) in [5.41, 5.74) is 5.45. The summed E-state index contributed by atoms with van der Waals surface area (Å²) in [6.07, 6.45) is 0. The predicted molar refractivity (Wildman–Crippen MR) is 39.7 cm³/mol. The van der Waals surface area contributed by atoms with Crippen LogP contribution >= 0.6 is 0 Å². The molecule has 5 nitrogen and oxygen atoms in total. The zero-order valence-corrected chi connectivity index (χ0v) is 6.20. The number of nitrogens with one attached hydrogen (secondary N) is 1. The first-order valence-electron chi connectivity index (χ1n) is 3.22. The molecule has 1 unspecified atom stereocenters. The Labute approximate surface area is 64.6 Å². The van der Waals surface area contributed by atoms with Crippen LogP contribution in [-0.4, -0.2) is 31.5 Å². The molecule has 11 heavy (non-hydrogen) atoms. The van der Waals surface area contributed by atoms with Crippen molar-refractivity contribution in [1.82, 2.24) is 5.32 Å². The van der Waals surface area contributed by atoms with Gasteiger partial charge in [0.2, 0.25) is 0 Å². The Morgan fingerprint density at radius 1 is 2.00 bits per heavy atom. The van der Waals surface area contributed by atoms with E-state index in [2.05, 4.69) is 15.0 Å². The fourth-order valence-corrected chi connectivity index (χ4v) is 0.769. The van der Waals surface area contributed by atoms with E-state index in [0.29, 0.717) is 12.4 Å². The lowest BCUT2D eigenvalue weighted by molar-refractivity contribution is -0.140. The van der Waals surface area contributed by atoms with Crippen molar-refractivity contribution in [3.63, 3.8) is 0 Å². The van der Waals surface area contributed by atoms with Crippen molar-refractivity contribution in [2.45, 2.75) is 6.04 Å². The lowest BCUT2D eigenvalue weighted by Crippen LogP contribution is -2.44. The normalized spacial score (nSPS) is 18.5. The molecule has 0 fully saturated rings. The molecule has 5 heteroatoms. The standard InChI is InChI=1S/C6H10N3O2/c1-11-6(10)4(7)5-8-2-3-9-5/h2,4H,3,7H2,1H3,(H,8,9). The molecule has 0 spiro atoms. The average molecular weight is 156 g/mol. The van der Waals surface area contributed by atoms with Gasteiger partial charge in [0, 0.05) is 6.54 Å². The Morgan fingerprint density at radius 3 is 3.18 bits per heavy atom. The second-order valence-corrected chi connectivity index (χ2v) is 2.08. The minimum atomic E-state index is -0.779. The summed E-state index contributed by atoms with van der Waals surface area (Å²) in [4.78, 5) is 14.7. The summed E-state index contributed by atoms with van der Waals surface area (Å²) in [7, 11) is 1.29. The fraction of sp³-hybridized carbons (Fsp3) is 0.500. The highest BCUT2D eigenvalue weighted by Crippen LogP contribution is 1.95. The van der Waals surface area contributed by atoms with Crippen LogP contribution in [0.4, 0.5) is 0 Å². The van der Waals surface area contributed by atoms with Crippen molar-refractivity contribution in [2.75, 3.05) is 13.7 Å². The second-order valence-electron chi connectivity index (χ2n) is 2.08. The minimum Gasteiger partial charge on any atom is -0.468 e. The molecule has 1 rings (SSSR count). The highest BCUT2D eigenvalue weighted by Gasteiger charge is 2.22. The van der Waals surface area contributed by atoms with Gasteiger partial charge in [-0.15, -0.1) is 0 Å². The molecule has 1 aliphatic rings. The maximum Gasteiger partial charge on any atom is 0.330 e. The van der Waals surface area contributed by atoms with Crippen molar-refractivity contribution in [1.29, 1.82) is 0 Å². The molecule has 0 amide bonds. The molecule has 1 atom stereocenters. The Balaban J connectivity index is 2.52. The average Bonchev–Trinajstić information content (AvgIpc) is 2.53. The van der Waals surface area contributed by atoms with Crippen molar-refractivity contribution in [3.8, 4) is 0 Å². The van der Waals surface area contributed by atoms with Gasteiger partial charge in [-0.25, -0.2) is 4.79 Å². The van der Waals surface area contributed by atoms with E-state index in [1.165, 1.54) is 7.11 Å². The lowest BCUT2D eigenvalue weighted by atomic mass is 10.3. The topological polar surface area (TPSA) is 76.7 Å². The van der Waals surface area contributed by atoms with Crippen LogP contribution in [0.25, 0.3) is 0 Å². The molecule has 1 heterocycles. The summed E-state index contributed by atoms with van der Waals surface area (Å²) in [5, 5.41) is 2.84. The molecule has 0 bridgehead atoms. The van der Waals surface area contributed by atoms with E-state index in [4.69, 9.17) is 5.73 Å². The van der Waals surface area contributed by atoms with E-state index in [0.717, 1.165) is 0 Å². The number of hydrogen-bond acceptors (Lipinski definition) is 5. The van der Waals surface area contributed by atoms with Gasteiger partial charge in [-0.05, 0) is 0 Å². The van der Waals surface area contributed by atoms with E-state index < -0.39 is 12.0 Å². The molecule has 0 aromatic heterocycles.